The molecule has 5 heteroatoms. The monoisotopic (exact) mass is 349 g/mol. The van der Waals surface area contributed by atoms with E-state index in [4.69, 9.17) is 5.11 Å². The summed E-state index contributed by atoms with van der Waals surface area (Å²) in [4.78, 5) is 24.7. The molecule has 0 heterocycles. The Morgan fingerprint density at radius 3 is 2.42 bits per heavy atom. The van der Waals surface area contributed by atoms with E-state index in [0.717, 1.165) is 17.7 Å². The van der Waals surface area contributed by atoms with Crippen LogP contribution in [-0.2, 0) is 9.59 Å². The van der Waals surface area contributed by atoms with Crippen LogP contribution in [0, 0.1) is 18.8 Å². The number of aliphatic carboxylic acids is 1. The van der Waals surface area contributed by atoms with Crippen molar-refractivity contribution in [1.29, 1.82) is 0 Å². The van der Waals surface area contributed by atoms with Crippen molar-refractivity contribution in [3.63, 3.8) is 0 Å². The van der Waals surface area contributed by atoms with Gasteiger partial charge in [-0.25, -0.2) is 0 Å². The van der Waals surface area contributed by atoms with Gasteiger partial charge in [0.25, 0.3) is 0 Å². The van der Waals surface area contributed by atoms with Crippen LogP contribution in [0.25, 0.3) is 0 Å². The average molecular weight is 349 g/mol. The van der Waals surface area contributed by atoms with Crippen LogP contribution in [0.15, 0.2) is 23.1 Å². The molecule has 1 aliphatic rings. The van der Waals surface area contributed by atoms with Gasteiger partial charge in [-0.2, -0.15) is 0 Å². The van der Waals surface area contributed by atoms with E-state index in [-0.39, 0.29) is 17.7 Å². The molecule has 132 valence electrons. The van der Waals surface area contributed by atoms with Crippen molar-refractivity contribution in [1.82, 2.24) is 0 Å². The zero-order valence-corrected chi connectivity index (χ0v) is 15.5. The van der Waals surface area contributed by atoms with Gasteiger partial charge in [-0.3, -0.25) is 9.59 Å². The number of hydrogen-bond donors (Lipinski definition) is 2. The molecular weight excluding hydrogens is 322 g/mol. The molecule has 1 atom stereocenters. The summed E-state index contributed by atoms with van der Waals surface area (Å²) in [6, 6.07) is 6.15. The minimum atomic E-state index is -0.737. The molecule has 24 heavy (non-hydrogen) atoms. The lowest BCUT2D eigenvalue weighted by molar-refractivity contribution is -0.143. The number of aryl methyl sites for hydroxylation is 1. The van der Waals surface area contributed by atoms with Crippen molar-refractivity contribution in [3.05, 3.63) is 23.8 Å². The largest absolute Gasteiger partial charge is 0.481 e. The summed E-state index contributed by atoms with van der Waals surface area (Å²) in [6.45, 7) is 6.40. The second-order valence-corrected chi connectivity index (χ2v) is 8.20. The Balaban J connectivity index is 1.93. The van der Waals surface area contributed by atoms with Gasteiger partial charge in [0.15, 0.2) is 0 Å². The molecule has 1 unspecified atom stereocenters. The first-order valence-electron chi connectivity index (χ1n) is 8.71. The van der Waals surface area contributed by atoms with Gasteiger partial charge < -0.3 is 10.4 Å². The number of nitrogens with one attached hydrogen (secondary N) is 1. The zero-order valence-electron chi connectivity index (χ0n) is 14.7. The third kappa shape index (κ3) is 5.00. The first-order valence-corrected chi connectivity index (χ1v) is 9.59. The SMILES string of the molecule is CCC(C)Sc1ccc(NC(=O)C2CCC(C(=O)O)CC2)c(C)c1. The van der Waals surface area contributed by atoms with Gasteiger partial charge >= 0.3 is 5.97 Å². The predicted molar refractivity (Wildman–Crippen MR) is 98.5 cm³/mol. The topological polar surface area (TPSA) is 66.4 Å². The Kier molecular flexibility index (Phi) is 6.72. The summed E-state index contributed by atoms with van der Waals surface area (Å²) in [7, 11) is 0. The summed E-state index contributed by atoms with van der Waals surface area (Å²) in [5.41, 5.74) is 1.92. The smallest absolute Gasteiger partial charge is 0.306 e. The maximum atomic E-state index is 12.4. The number of carboxylic acids is 1. The molecular formula is C19H27NO3S. The van der Waals surface area contributed by atoms with Crippen LogP contribution >= 0.6 is 11.8 Å². The molecule has 1 aliphatic carbocycles. The highest BCUT2D eigenvalue weighted by atomic mass is 32.2. The van der Waals surface area contributed by atoms with Gasteiger partial charge in [0.2, 0.25) is 5.91 Å². The van der Waals surface area contributed by atoms with Crippen LogP contribution in [0.1, 0.15) is 51.5 Å². The number of carbonyl (C=O) groups excluding carboxylic acids is 1. The van der Waals surface area contributed by atoms with Crippen molar-refractivity contribution in [2.24, 2.45) is 11.8 Å². The molecule has 1 aromatic rings. The Labute approximate surface area is 148 Å². The fourth-order valence-electron chi connectivity index (χ4n) is 3.00. The van der Waals surface area contributed by atoms with Gasteiger partial charge in [0.05, 0.1) is 5.92 Å². The molecule has 0 spiro atoms. The van der Waals surface area contributed by atoms with Crippen LogP contribution in [-0.4, -0.2) is 22.2 Å². The molecule has 0 saturated heterocycles. The van der Waals surface area contributed by atoms with E-state index in [1.165, 1.54) is 4.90 Å². The highest BCUT2D eigenvalue weighted by Crippen LogP contribution is 2.31. The standard InChI is InChI=1S/C19H27NO3S/c1-4-13(3)24-16-9-10-17(12(2)11-16)20-18(21)14-5-7-15(8-6-14)19(22)23/h9-11,13-15H,4-8H2,1-3H3,(H,20,21)(H,22,23). The lowest BCUT2D eigenvalue weighted by Crippen LogP contribution is -2.29. The normalized spacial score (nSPS) is 22.0. The third-order valence-corrected chi connectivity index (χ3v) is 6.08. The van der Waals surface area contributed by atoms with Crippen molar-refractivity contribution < 1.29 is 14.7 Å². The minimum absolute atomic E-state index is 0.0178. The van der Waals surface area contributed by atoms with Crippen molar-refractivity contribution >= 4 is 29.3 Å². The number of amides is 1. The predicted octanol–water partition coefficient (Wildman–Crippen LogP) is 4.72. The fourth-order valence-corrected chi connectivity index (χ4v) is 4.03. The van der Waals surface area contributed by atoms with Gasteiger partial charge in [-0.15, -0.1) is 11.8 Å². The van der Waals surface area contributed by atoms with Crippen LogP contribution in [0.4, 0.5) is 5.69 Å². The number of carbonyl (C=O) groups is 2. The first kappa shape index (κ1) is 18.8. The molecule has 2 rings (SSSR count). The number of thioether (sulfide) groups is 1. The Morgan fingerprint density at radius 1 is 1.25 bits per heavy atom. The van der Waals surface area contributed by atoms with Crippen LogP contribution < -0.4 is 5.32 Å². The highest BCUT2D eigenvalue weighted by Gasteiger charge is 2.29. The number of anilines is 1. The number of hydrogen-bond acceptors (Lipinski definition) is 3. The number of carboxylic acid groups (broad SMARTS) is 1. The second-order valence-electron chi connectivity index (χ2n) is 6.69. The van der Waals surface area contributed by atoms with Gasteiger partial charge in [0.1, 0.15) is 0 Å². The molecule has 0 aromatic heterocycles. The Morgan fingerprint density at radius 2 is 1.88 bits per heavy atom. The summed E-state index contributed by atoms with van der Waals surface area (Å²) in [6.07, 6.45) is 3.63. The number of rotatable bonds is 6. The van der Waals surface area contributed by atoms with E-state index in [9.17, 15) is 9.59 Å². The third-order valence-electron chi connectivity index (χ3n) is 4.82. The summed E-state index contributed by atoms with van der Waals surface area (Å²) in [5.74, 6) is -1.08. The van der Waals surface area contributed by atoms with Crippen molar-refractivity contribution in [3.8, 4) is 0 Å². The maximum Gasteiger partial charge on any atom is 0.306 e. The summed E-state index contributed by atoms with van der Waals surface area (Å²) < 4.78 is 0. The van der Waals surface area contributed by atoms with E-state index < -0.39 is 5.97 Å². The molecule has 0 radical (unpaired) electrons. The zero-order chi connectivity index (χ0) is 17.7. The molecule has 1 aromatic carbocycles. The first-order chi connectivity index (χ1) is 11.4. The van der Waals surface area contributed by atoms with Crippen molar-refractivity contribution in [2.75, 3.05) is 5.32 Å². The molecule has 0 bridgehead atoms. The number of benzene rings is 1. The van der Waals surface area contributed by atoms with Crippen molar-refractivity contribution in [2.45, 2.75) is 63.0 Å². The van der Waals surface area contributed by atoms with E-state index >= 15 is 0 Å². The fraction of sp³-hybridized carbons (Fsp3) is 0.579. The van der Waals surface area contributed by atoms with Crippen LogP contribution in [0.5, 0.6) is 0 Å². The summed E-state index contributed by atoms with van der Waals surface area (Å²) >= 11 is 1.85. The lowest BCUT2D eigenvalue weighted by atomic mass is 9.81. The molecule has 1 fully saturated rings. The maximum absolute atomic E-state index is 12.4. The quantitative estimate of drug-likeness (QED) is 0.730. The minimum Gasteiger partial charge on any atom is -0.481 e. The van der Waals surface area contributed by atoms with Crippen LogP contribution in [0.3, 0.4) is 0 Å². The average Bonchev–Trinajstić information content (AvgIpc) is 2.57. The van der Waals surface area contributed by atoms with Crippen LogP contribution in [0.2, 0.25) is 0 Å². The molecule has 1 saturated carbocycles. The molecule has 0 aliphatic heterocycles. The molecule has 1 amide bonds. The summed E-state index contributed by atoms with van der Waals surface area (Å²) in [5, 5.41) is 12.6. The van der Waals surface area contributed by atoms with Gasteiger partial charge in [0, 0.05) is 21.8 Å². The Hall–Kier alpha value is -1.49. The van der Waals surface area contributed by atoms with Gasteiger partial charge in [-0.1, -0.05) is 13.8 Å². The molecule has 2 N–H and O–H groups in total. The lowest BCUT2D eigenvalue weighted by Gasteiger charge is -2.25. The second kappa shape index (κ2) is 8.56. The van der Waals surface area contributed by atoms with Gasteiger partial charge in [-0.05, 0) is 62.8 Å². The Bertz CT molecular complexity index is 594. The van der Waals surface area contributed by atoms with E-state index in [0.29, 0.717) is 30.9 Å². The highest BCUT2D eigenvalue weighted by molar-refractivity contribution is 7.99. The van der Waals surface area contributed by atoms with E-state index in [2.05, 4.69) is 31.3 Å². The van der Waals surface area contributed by atoms with E-state index in [1.54, 1.807) is 0 Å². The van der Waals surface area contributed by atoms with E-state index in [1.807, 2.05) is 24.8 Å². The molecule has 4 nitrogen and oxygen atoms in total.